The normalized spacial score (nSPS) is 12.6. The number of carbonyl (C=O) groups is 5. The smallest absolute Gasteiger partial charge is 0.305 e. The number of nitrogens with zero attached hydrogens (tertiary/aromatic N) is 2. The minimum absolute atomic E-state index is 0.00510. The molecule has 0 amide bonds. The van der Waals surface area contributed by atoms with Crippen LogP contribution in [0.4, 0.5) is 0 Å². The Morgan fingerprint density at radius 2 is 0.402 bits per heavy atom. The van der Waals surface area contributed by atoms with Gasteiger partial charge in [0.05, 0.1) is 33.0 Å². The predicted molar refractivity (Wildman–Crippen MR) is 455 cm³/mol. The SMILES string of the molecule is CCCCCCC(CCCC)COC(=O)CCCCCCCN(CCCCO)CCCCCCCC(=O)OCC(CCCC)CCCCCC.CCCCCCCCC(CCCCCC)COC(=O)CCCCCN(CCCCCC(=O)OCC(CCCCCC)CCCCCCCC)CCCC(=O)OCC. The van der Waals surface area contributed by atoms with Crippen LogP contribution in [0.1, 0.15) is 473 Å². The molecule has 0 aliphatic heterocycles. The zero-order chi connectivity index (χ0) is 78.6. The van der Waals surface area contributed by atoms with Crippen molar-refractivity contribution in [1.29, 1.82) is 0 Å². The molecule has 0 aromatic rings. The van der Waals surface area contributed by atoms with E-state index in [1.54, 1.807) is 0 Å². The fourth-order valence-electron chi connectivity index (χ4n) is 14.9. The molecule has 107 heavy (non-hydrogen) atoms. The maximum atomic E-state index is 12.7. The second-order valence-corrected chi connectivity index (χ2v) is 32.7. The van der Waals surface area contributed by atoms with Crippen LogP contribution >= 0.6 is 0 Å². The summed E-state index contributed by atoms with van der Waals surface area (Å²) in [6.07, 6.45) is 72.7. The summed E-state index contributed by atoms with van der Waals surface area (Å²) < 4.78 is 28.2. The number of hydrogen-bond donors (Lipinski definition) is 1. The Hall–Kier alpha value is -2.77. The predicted octanol–water partition coefficient (Wildman–Crippen LogP) is 26.9. The first-order valence-electron chi connectivity index (χ1n) is 47.2. The van der Waals surface area contributed by atoms with Crippen LogP contribution in [0.15, 0.2) is 0 Å². The summed E-state index contributed by atoms with van der Waals surface area (Å²) in [5.74, 6) is 1.86. The number of hydrogen-bond acceptors (Lipinski definition) is 13. The molecule has 4 unspecified atom stereocenters. The fraction of sp³-hybridized carbons (Fsp3) is 0.947. The van der Waals surface area contributed by atoms with Crippen LogP contribution in [0, 0.1) is 23.7 Å². The van der Waals surface area contributed by atoms with Crippen molar-refractivity contribution in [3.05, 3.63) is 0 Å². The molecule has 1 N–H and O–H groups in total. The Bertz CT molecular complexity index is 1740. The Morgan fingerprint density at radius 3 is 0.664 bits per heavy atom. The summed E-state index contributed by atoms with van der Waals surface area (Å²) in [7, 11) is 0. The molecule has 0 radical (unpaired) electrons. The molecule has 0 heterocycles. The Morgan fingerprint density at radius 1 is 0.215 bits per heavy atom. The maximum absolute atomic E-state index is 12.7. The van der Waals surface area contributed by atoms with Gasteiger partial charge in [0.25, 0.3) is 0 Å². The number of aliphatic hydroxyl groups is 1. The van der Waals surface area contributed by atoms with Crippen LogP contribution in [-0.4, -0.2) is 124 Å². The van der Waals surface area contributed by atoms with Crippen LogP contribution in [-0.2, 0) is 47.7 Å². The summed E-state index contributed by atoms with van der Waals surface area (Å²) in [6.45, 7) is 29.0. The molecule has 4 atom stereocenters. The van der Waals surface area contributed by atoms with E-state index in [4.69, 9.17) is 23.7 Å². The molecular weight excluding hydrogens is 1330 g/mol. The van der Waals surface area contributed by atoms with Crippen molar-refractivity contribution < 1.29 is 52.8 Å². The van der Waals surface area contributed by atoms with Gasteiger partial charge in [-0.05, 0) is 192 Å². The molecule has 0 aliphatic rings. The molecule has 0 spiro atoms. The minimum Gasteiger partial charge on any atom is -0.466 e. The Labute approximate surface area is 664 Å². The summed E-state index contributed by atoms with van der Waals surface area (Å²) in [5, 5.41) is 9.26. The van der Waals surface area contributed by atoms with E-state index in [2.05, 4.69) is 65.2 Å². The van der Waals surface area contributed by atoms with Gasteiger partial charge >= 0.3 is 29.8 Å². The molecule has 0 fully saturated rings. The lowest BCUT2D eigenvalue weighted by molar-refractivity contribution is -0.146. The number of aliphatic hydroxyl groups excluding tert-OH is 1. The molecule has 0 aromatic heterocycles. The van der Waals surface area contributed by atoms with Crippen LogP contribution in [0.2, 0.25) is 0 Å². The fourth-order valence-corrected chi connectivity index (χ4v) is 14.9. The van der Waals surface area contributed by atoms with E-state index in [9.17, 15) is 29.1 Å². The molecule has 0 aromatic carbocycles. The highest BCUT2D eigenvalue weighted by molar-refractivity contribution is 5.70. The number of carbonyl (C=O) groups excluding carboxylic acids is 5. The average Bonchev–Trinajstić information content (AvgIpc) is 1.20. The lowest BCUT2D eigenvalue weighted by Crippen LogP contribution is -2.28. The van der Waals surface area contributed by atoms with Gasteiger partial charge in [0.2, 0.25) is 0 Å². The number of rotatable bonds is 85. The zero-order valence-corrected chi connectivity index (χ0v) is 73.0. The molecule has 0 saturated carbocycles. The summed E-state index contributed by atoms with van der Waals surface area (Å²) >= 11 is 0. The topological polar surface area (TPSA) is 158 Å². The van der Waals surface area contributed by atoms with E-state index >= 15 is 0 Å². The van der Waals surface area contributed by atoms with Gasteiger partial charge in [0, 0.05) is 38.7 Å². The highest BCUT2D eigenvalue weighted by Gasteiger charge is 2.18. The number of ether oxygens (including phenoxy) is 5. The largest absolute Gasteiger partial charge is 0.466 e. The zero-order valence-electron chi connectivity index (χ0n) is 73.0. The van der Waals surface area contributed by atoms with Crippen LogP contribution in [0.5, 0.6) is 0 Å². The van der Waals surface area contributed by atoms with Crippen molar-refractivity contribution >= 4 is 29.8 Å². The second kappa shape index (κ2) is 87.2. The molecule has 0 bridgehead atoms. The van der Waals surface area contributed by atoms with Gasteiger partial charge in [-0.25, -0.2) is 0 Å². The maximum Gasteiger partial charge on any atom is 0.305 e. The number of esters is 5. The van der Waals surface area contributed by atoms with E-state index in [-0.39, 0.29) is 36.5 Å². The van der Waals surface area contributed by atoms with Crippen molar-refractivity contribution in [3.63, 3.8) is 0 Å². The van der Waals surface area contributed by atoms with Gasteiger partial charge in [0.1, 0.15) is 0 Å². The lowest BCUT2D eigenvalue weighted by Gasteiger charge is -2.22. The van der Waals surface area contributed by atoms with Crippen LogP contribution in [0.25, 0.3) is 0 Å². The highest BCUT2D eigenvalue weighted by atomic mass is 16.5. The molecular formula is C94H184N2O11. The molecule has 636 valence electrons. The van der Waals surface area contributed by atoms with E-state index in [1.165, 1.54) is 295 Å². The van der Waals surface area contributed by atoms with Gasteiger partial charge in [0.15, 0.2) is 0 Å². The van der Waals surface area contributed by atoms with Gasteiger partial charge in [-0.1, -0.05) is 312 Å². The molecule has 0 saturated heterocycles. The standard InChI is InChI=1S/C50H97NO6.C44H87NO5/c1-6-11-15-19-21-27-36-46(34-25-17-13-8-3)44-56-49(53)38-29-23-31-41-51(43-33-40-48(52)55-10-5)42-32-24-30-39-50(54)57-45-47(35-26-18-14-9-4)37-28-22-20-16-12-7-2;1-5-9-13-21-31-41(29-11-7-3)39-49-43(47)33-23-17-15-19-25-35-45(37-27-28-38-46)36-26-20-16-18-24-34-44(48)50-40-42(30-12-8-4)32-22-14-10-6-2/h46-47H,6-45H2,1-5H3;41-42,46H,5-40H2,1-4H3. The minimum atomic E-state index is -0.125. The van der Waals surface area contributed by atoms with Crippen molar-refractivity contribution in [2.75, 3.05) is 78.9 Å². The molecule has 0 aliphatic carbocycles. The highest BCUT2D eigenvalue weighted by Crippen LogP contribution is 2.25. The lowest BCUT2D eigenvalue weighted by atomic mass is 9.95. The van der Waals surface area contributed by atoms with Gasteiger partial charge < -0.3 is 38.6 Å². The third-order valence-electron chi connectivity index (χ3n) is 22.1. The average molecular weight is 1520 g/mol. The third kappa shape index (κ3) is 79.7. The molecule has 13 heteroatoms. The second-order valence-electron chi connectivity index (χ2n) is 32.7. The van der Waals surface area contributed by atoms with Gasteiger partial charge in [-0.15, -0.1) is 0 Å². The first-order chi connectivity index (χ1) is 52.4. The Balaban J connectivity index is 0. The van der Waals surface area contributed by atoms with E-state index in [0.29, 0.717) is 88.8 Å². The molecule has 0 rings (SSSR count). The first kappa shape index (κ1) is 106. The van der Waals surface area contributed by atoms with Gasteiger partial charge in [-0.2, -0.15) is 0 Å². The van der Waals surface area contributed by atoms with Gasteiger partial charge in [-0.3, -0.25) is 24.0 Å². The van der Waals surface area contributed by atoms with Crippen molar-refractivity contribution in [3.8, 4) is 0 Å². The summed E-state index contributed by atoms with van der Waals surface area (Å²) in [5.41, 5.74) is 0. The quantitative estimate of drug-likeness (QED) is 0.0349. The van der Waals surface area contributed by atoms with Crippen molar-refractivity contribution in [2.24, 2.45) is 23.7 Å². The summed E-state index contributed by atoms with van der Waals surface area (Å²) in [4.78, 5) is 67.1. The monoisotopic (exact) mass is 1520 g/mol. The van der Waals surface area contributed by atoms with Crippen molar-refractivity contribution in [1.82, 2.24) is 9.80 Å². The van der Waals surface area contributed by atoms with Crippen LogP contribution in [0.3, 0.4) is 0 Å². The van der Waals surface area contributed by atoms with E-state index in [0.717, 1.165) is 123 Å². The van der Waals surface area contributed by atoms with E-state index in [1.807, 2.05) is 6.92 Å². The Kier molecular flexibility index (Phi) is 86.6. The summed E-state index contributed by atoms with van der Waals surface area (Å²) in [6, 6.07) is 0. The van der Waals surface area contributed by atoms with Crippen LogP contribution < -0.4 is 0 Å². The first-order valence-corrected chi connectivity index (χ1v) is 47.2. The number of unbranched alkanes of at least 4 members (excludes halogenated alkanes) is 37. The third-order valence-corrected chi connectivity index (χ3v) is 22.1. The molecule has 13 nitrogen and oxygen atoms in total. The van der Waals surface area contributed by atoms with E-state index < -0.39 is 0 Å². The van der Waals surface area contributed by atoms with Crippen molar-refractivity contribution in [2.45, 2.75) is 473 Å².